The van der Waals surface area contributed by atoms with Gasteiger partial charge in [0.2, 0.25) is 7.98 Å². The lowest BCUT2D eigenvalue weighted by molar-refractivity contribution is 0.360. The maximum absolute atomic E-state index is 3.28. The first-order chi connectivity index (χ1) is 3.89. The normalized spacial score (nSPS) is 25.0. The van der Waals surface area contributed by atoms with Gasteiger partial charge < -0.3 is 0 Å². The summed E-state index contributed by atoms with van der Waals surface area (Å²) in [5, 5.41) is 0. The highest BCUT2D eigenvalue weighted by Crippen LogP contribution is 1.98. The van der Waals surface area contributed by atoms with Crippen LogP contribution in [0.2, 0.25) is 0 Å². The minimum absolute atomic E-state index is 1.16. The molecule has 1 heterocycles. The third-order valence-electron chi connectivity index (χ3n) is 1.55. The Hall–Kier alpha value is -0.0151. The maximum Gasteiger partial charge on any atom is 0.205 e. The van der Waals surface area contributed by atoms with E-state index in [0.29, 0.717) is 0 Å². The summed E-state index contributed by atoms with van der Waals surface area (Å²) in [4.78, 5) is 2.17. The molecule has 1 fully saturated rings. The predicted molar refractivity (Wildman–Crippen MR) is 37.1 cm³/mol. The van der Waals surface area contributed by atoms with Gasteiger partial charge >= 0.3 is 0 Å². The summed E-state index contributed by atoms with van der Waals surface area (Å²) < 4.78 is 0. The van der Waals surface area contributed by atoms with Crippen molar-refractivity contribution in [1.29, 1.82) is 0 Å². The average molecular weight is 112 g/mol. The number of hydrazine groups is 1. The fraction of sp³-hybridized carbons (Fsp3) is 1.00. The van der Waals surface area contributed by atoms with E-state index in [1.165, 1.54) is 25.8 Å². The van der Waals surface area contributed by atoms with Crippen LogP contribution in [-0.2, 0) is 0 Å². The van der Waals surface area contributed by atoms with Crippen LogP contribution in [0.3, 0.4) is 0 Å². The molecule has 1 aliphatic rings. The third kappa shape index (κ3) is 1.84. The van der Waals surface area contributed by atoms with E-state index in [9.17, 15) is 0 Å². The molecule has 0 saturated carbocycles. The van der Waals surface area contributed by atoms with Crippen LogP contribution in [0.4, 0.5) is 0 Å². The van der Waals surface area contributed by atoms with E-state index < -0.39 is 0 Å². The van der Waals surface area contributed by atoms with Crippen molar-refractivity contribution >= 4 is 7.98 Å². The van der Waals surface area contributed by atoms with Crippen LogP contribution in [0, 0.1) is 0 Å². The molecule has 0 aromatic carbocycles. The molecule has 0 aromatic heterocycles. The van der Waals surface area contributed by atoms with Gasteiger partial charge in [-0.2, -0.15) is 0 Å². The van der Waals surface area contributed by atoms with Gasteiger partial charge in [-0.25, -0.2) is 0 Å². The third-order valence-corrected chi connectivity index (χ3v) is 1.55. The van der Waals surface area contributed by atoms with E-state index in [4.69, 9.17) is 0 Å². The fourth-order valence-corrected chi connectivity index (χ4v) is 1.000. The molecule has 0 spiro atoms. The number of nitrogens with one attached hydrogen (secondary N) is 1. The van der Waals surface area contributed by atoms with E-state index >= 15 is 0 Å². The van der Waals surface area contributed by atoms with Crippen LogP contribution >= 0.6 is 0 Å². The number of hydrogen-bond donors (Lipinski definition) is 1. The summed E-state index contributed by atoms with van der Waals surface area (Å²) >= 11 is 0. The van der Waals surface area contributed by atoms with Crippen molar-refractivity contribution in [3.63, 3.8) is 0 Å². The molecule has 0 unspecified atom stereocenters. The molecule has 0 amide bonds. The van der Waals surface area contributed by atoms with Crippen LogP contribution in [0.1, 0.15) is 19.3 Å². The molecule has 1 N–H and O–H groups in total. The summed E-state index contributed by atoms with van der Waals surface area (Å²) in [6.45, 7) is 2.37. The molecule has 1 rings (SSSR count). The molecule has 3 heteroatoms. The summed E-state index contributed by atoms with van der Waals surface area (Å²) in [6, 6.07) is 0. The zero-order valence-electron chi connectivity index (χ0n) is 5.48. The topological polar surface area (TPSA) is 15.3 Å². The highest BCUT2D eigenvalue weighted by molar-refractivity contribution is 6.03. The van der Waals surface area contributed by atoms with E-state index in [1.807, 2.05) is 0 Å². The first kappa shape index (κ1) is 6.11. The van der Waals surface area contributed by atoms with Crippen molar-refractivity contribution in [2.45, 2.75) is 19.3 Å². The Morgan fingerprint density at radius 3 is 3.00 bits per heavy atom. The number of nitrogens with zero attached hydrogens (tertiary/aromatic N) is 1. The van der Waals surface area contributed by atoms with Crippen LogP contribution in [0.5, 0.6) is 0 Å². The Kier molecular flexibility index (Phi) is 2.37. The molecule has 2 nitrogen and oxygen atoms in total. The minimum Gasteiger partial charge on any atom is -0.292 e. The smallest absolute Gasteiger partial charge is 0.205 e. The second kappa shape index (κ2) is 3.10. The standard InChI is InChI=1S/C5H13BN2/c6-8-5-3-1-2-4-7-8/h7H,1-6H2. The lowest BCUT2D eigenvalue weighted by Crippen LogP contribution is -2.34. The Labute approximate surface area is 51.6 Å². The van der Waals surface area contributed by atoms with Gasteiger partial charge in [0.05, 0.1) is 0 Å². The van der Waals surface area contributed by atoms with Gasteiger partial charge in [0, 0.05) is 13.1 Å². The lowest BCUT2D eigenvalue weighted by Gasteiger charge is -2.13. The maximum atomic E-state index is 3.28. The molecule has 0 aliphatic carbocycles. The molecule has 1 aliphatic heterocycles. The zero-order valence-corrected chi connectivity index (χ0v) is 5.48. The second-order valence-electron chi connectivity index (χ2n) is 2.39. The molecular formula is C5H13BN2. The van der Waals surface area contributed by atoms with Crippen LogP contribution in [0.15, 0.2) is 0 Å². The Morgan fingerprint density at radius 2 is 2.12 bits per heavy atom. The van der Waals surface area contributed by atoms with E-state index in [0.717, 1.165) is 6.54 Å². The Balaban J connectivity index is 2.17. The summed E-state index contributed by atoms with van der Waals surface area (Å²) in [6.07, 6.45) is 4.07. The molecule has 1 saturated heterocycles. The molecule has 0 aromatic rings. The van der Waals surface area contributed by atoms with Crippen LogP contribution in [0.25, 0.3) is 0 Å². The van der Waals surface area contributed by atoms with Crippen molar-refractivity contribution in [2.24, 2.45) is 0 Å². The highest BCUT2D eigenvalue weighted by atomic mass is 15.4. The van der Waals surface area contributed by atoms with Crippen molar-refractivity contribution in [3.05, 3.63) is 0 Å². The van der Waals surface area contributed by atoms with Crippen molar-refractivity contribution in [1.82, 2.24) is 10.3 Å². The molecule has 0 radical (unpaired) electrons. The zero-order chi connectivity index (χ0) is 5.82. The molecule has 8 heavy (non-hydrogen) atoms. The average Bonchev–Trinajstić information content (AvgIpc) is 1.94. The Bertz CT molecular complexity index is 59.4. The highest BCUT2D eigenvalue weighted by Gasteiger charge is 2.00. The molecule has 0 bridgehead atoms. The summed E-state index contributed by atoms with van der Waals surface area (Å²) in [5.41, 5.74) is 3.28. The van der Waals surface area contributed by atoms with E-state index in [-0.39, 0.29) is 0 Å². The molecule has 46 valence electrons. The van der Waals surface area contributed by atoms with Crippen molar-refractivity contribution < 1.29 is 0 Å². The van der Waals surface area contributed by atoms with Crippen LogP contribution in [-0.4, -0.2) is 26.0 Å². The first-order valence-corrected chi connectivity index (χ1v) is 3.34. The van der Waals surface area contributed by atoms with Crippen molar-refractivity contribution in [2.75, 3.05) is 13.1 Å². The van der Waals surface area contributed by atoms with Gasteiger partial charge in [0.1, 0.15) is 0 Å². The van der Waals surface area contributed by atoms with Gasteiger partial charge in [0.25, 0.3) is 0 Å². The second-order valence-corrected chi connectivity index (χ2v) is 2.39. The van der Waals surface area contributed by atoms with Gasteiger partial charge in [-0.1, -0.05) is 6.42 Å². The van der Waals surface area contributed by atoms with E-state index in [2.05, 4.69) is 18.3 Å². The van der Waals surface area contributed by atoms with Gasteiger partial charge in [-0.15, -0.1) is 0 Å². The first-order valence-electron chi connectivity index (χ1n) is 3.34. The largest absolute Gasteiger partial charge is 0.292 e. The number of rotatable bonds is 0. The van der Waals surface area contributed by atoms with E-state index in [1.54, 1.807) is 0 Å². The molecule has 0 atom stereocenters. The summed E-state index contributed by atoms with van der Waals surface area (Å²) in [5.74, 6) is 0. The fourth-order valence-electron chi connectivity index (χ4n) is 1.000. The van der Waals surface area contributed by atoms with Gasteiger partial charge in [0.15, 0.2) is 0 Å². The quantitative estimate of drug-likeness (QED) is 0.426. The molecular weight excluding hydrogens is 98.9 g/mol. The Morgan fingerprint density at radius 1 is 1.25 bits per heavy atom. The van der Waals surface area contributed by atoms with Crippen LogP contribution < -0.4 is 5.43 Å². The monoisotopic (exact) mass is 112 g/mol. The van der Waals surface area contributed by atoms with Crippen molar-refractivity contribution in [3.8, 4) is 0 Å². The minimum atomic E-state index is 1.16. The number of hydrogen-bond acceptors (Lipinski definition) is 2. The predicted octanol–water partition coefficient (Wildman–Crippen LogP) is -0.475. The van der Waals surface area contributed by atoms with Gasteiger partial charge in [-0.05, 0) is 12.8 Å². The van der Waals surface area contributed by atoms with Gasteiger partial charge in [-0.3, -0.25) is 10.3 Å². The summed E-state index contributed by atoms with van der Waals surface area (Å²) in [7, 11) is 2.10. The SMILES string of the molecule is BN1CCCCCN1. The lowest BCUT2D eigenvalue weighted by atomic mass is 10.2.